The summed E-state index contributed by atoms with van der Waals surface area (Å²) in [6.45, 7) is 0.899. The molecule has 1 fully saturated rings. The van der Waals surface area contributed by atoms with E-state index in [0.717, 1.165) is 0 Å². The van der Waals surface area contributed by atoms with Gasteiger partial charge in [-0.1, -0.05) is 0 Å². The van der Waals surface area contributed by atoms with Gasteiger partial charge in [0.05, 0.1) is 39.3 Å². The topological polar surface area (TPSA) is 103 Å². The standard InChI is InChI=1S/C26H27N3O6/c1-33-18-7-5-17(6-8-18)24(30)22-23(20-15-19(34-2)9-10-21(20)35-3)29(26(32)25(22)31)13-4-12-28-14-11-27-16-28/h5-11,14-16,23,30H,4,12-13H2,1-3H3/b24-22-. The number of likely N-dealkylation sites (tertiary alicyclic amines) is 1. The molecular weight excluding hydrogens is 450 g/mol. The molecule has 4 rings (SSSR count). The molecule has 1 aromatic heterocycles. The fourth-order valence-electron chi connectivity index (χ4n) is 4.23. The van der Waals surface area contributed by atoms with Crippen molar-refractivity contribution in [1.82, 2.24) is 14.5 Å². The van der Waals surface area contributed by atoms with Gasteiger partial charge in [-0.05, 0) is 48.9 Å². The number of nitrogens with zero attached hydrogens (tertiary/aromatic N) is 3. The Kier molecular flexibility index (Phi) is 7.05. The first-order valence-electron chi connectivity index (χ1n) is 11.1. The van der Waals surface area contributed by atoms with Gasteiger partial charge in [0, 0.05) is 36.6 Å². The van der Waals surface area contributed by atoms with Crippen LogP contribution in [0.3, 0.4) is 0 Å². The SMILES string of the molecule is COc1ccc(/C(O)=C2/C(=O)C(=O)N(CCCn3ccnc3)C2c2cc(OC)ccc2OC)cc1. The summed E-state index contributed by atoms with van der Waals surface area (Å²) in [5.41, 5.74) is 0.937. The van der Waals surface area contributed by atoms with Gasteiger partial charge in [-0.3, -0.25) is 9.59 Å². The Hall–Kier alpha value is -4.27. The van der Waals surface area contributed by atoms with Gasteiger partial charge in [-0.25, -0.2) is 4.98 Å². The minimum absolute atomic E-state index is 0.00523. The van der Waals surface area contributed by atoms with Gasteiger partial charge in [-0.2, -0.15) is 0 Å². The number of methoxy groups -OCH3 is 3. The van der Waals surface area contributed by atoms with Gasteiger partial charge in [0.1, 0.15) is 23.0 Å². The van der Waals surface area contributed by atoms with Gasteiger partial charge in [0.2, 0.25) is 0 Å². The molecule has 1 unspecified atom stereocenters. The summed E-state index contributed by atoms with van der Waals surface area (Å²) < 4.78 is 18.0. The number of carbonyl (C=O) groups excluding carboxylic acids is 2. The van der Waals surface area contributed by atoms with Gasteiger partial charge in [0.15, 0.2) is 0 Å². The third-order valence-corrected chi connectivity index (χ3v) is 6.01. The minimum atomic E-state index is -0.857. The lowest BCUT2D eigenvalue weighted by molar-refractivity contribution is -0.140. The van der Waals surface area contributed by atoms with Gasteiger partial charge in [-0.15, -0.1) is 0 Å². The minimum Gasteiger partial charge on any atom is -0.507 e. The Morgan fingerprint density at radius 1 is 0.971 bits per heavy atom. The summed E-state index contributed by atoms with van der Waals surface area (Å²) in [6.07, 6.45) is 5.79. The molecule has 9 heteroatoms. The fourth-order valence-corrected chi connectivity index (χ4v) is 4.23. The normalized spacial score (nSPS) is 17.0. The van der Waals surface area contributed by atoms with Crippen molar-refractivity contribution in [2.75, 3.05) is 27.9 Å². The first kappa shape index (κ1) is 23.9. The highest BCUT2D eigenvalue weighted by molar-refractivity contribution is 6.46. The zero-order valence-electron chi connectivity index (χ0n) is 19.8. The summed E-state index contributed by atoms with van der Waals surface area (Å²) >= 11 is 0. The number of carbonyl (C=O) groups is 2. The lowest BCUT2D eigenvalue weighted by Crippen LogP contribution is -2.31. The van der Waals surface area contributed by atoms with E-state index >= 15 is 0 Å². The lowest BCUT2D eigenvalue weighted by Gasteiger charge is -2.27. The number of hydrogen-bond donors (Lipinski definition) is 1. The highest BCUT2D eigenvalue weighted by atomic mass is 16.5. The molecule has 2 aromatic carbocycles. The van der Waals surface area contributed by atoms with Crippen molar-refractivity contribution < 1.29 is 28.9 Å². The largest absolute Gasteiger partial charge is 0.507 e. The molecule has 0 radical (unpaired) electrons. The van der Waals surface area contributed by atoms with E-state index in [1.165, 1.54) is 19.1 Å². The number of imidazole rings is 1. The monoisotopic (exact) mass is 477 g/mol. The number of aryl methyl sites for hydroxylation is 1. The van der Waals surface area contributed by atoms with E-state index in [2.05, 4.69) is 4.98 Å². The van der Waals surface area contributed by atoms with Crippen LogP contribution in [0.5, 0.6) is 17.2 Å². The summed E-state index contributed by atoms with van der Waals surface area (Å²) in [6, 6.07) is 10.9. The molecule has 0 spiro atoms. The van der Waals surface area contributed by atoms with Crippen molar-refractivity contribution in [3.8, 4) is 17.2 Å². The maximum Gasteiger partial charge on any atom is 0.295 e. The quantitative estimate of drug-likeness (QED) is 0.286. The second-order valence-corrected chi connectivity index (χ2v) is 7.98. The van der Waals surface area contributed by atoms with Crippen molar-refractivity contribution in [1.29, 1.82) is 0 Å². The molecule has 0 aliphatic carbocycles. The maximum absolute atomic E-state index is 13.3. The van der Waals surface area contributed by atoms with Crippen LogP contribution in [0.15, 0.2) is 66.8 Å². The number of hydrogen-bond acceptors (Lipinski definition) is 7. The average molecular weight is 478 g/mol. The zero-order chi connectivity index (χ0) is 24.9. The van der Waals surface area contributed by atoms with Crippen LogP contribution in [0, 0.1) is 0 Å². The Bertz CT molecular complexity index is 1230. The van der Waals surface area contributed by atoms with Crippen LogP contribution in [0.4, 0.5) is 0 Å². The van der Waals surface area contributed by atoms with E-state index in [1.807, 2.05) is 10.8 Å². The molecular formula is C26H27N3O6. The van der Waals surface area contributed by atoms with E-state index in [9.17, 15) is 14.7 Å². The number of amides is 1. The number of benzene rings is 2. The predicted octanol–water partition coefficient (Wildman–Crippen LogP) is 3.42. The summed E-state index contributed by atoms with van der Waals surface area (Å²) in [4.78, 5) is 32.0. The Morgan fingerprint density at radius 3 is 2.31 bits per heavy atom. The van der Waals surface area contributed by atoms with E-state index in [4.69, 9.17) is 14.2 Å². The van der Waals surface area contributed by atoms with Crippen LogP contribution < -0.4 is 14.2 Å². The van der Waals surface area contributed by atoms with Crippen molar-refractivity contribution in [3.05, 3.63) is 77.9 Å². The Labute approximate surface area is 203 Å². The lowest BCUT2D eigenvalue weighted by atomic mass is 9.94. The van der Waals surface area contributed by atoms with Crippen LogP contribution in [0.2, 0.25) is 0 Å². The molecule has 182 valence electrons. The van der Waals surface area contributed by atoms with E-state index in [1.54, 1.807) is 62.1 Å². The predicted molar refractivity (Wildman–Crippen MR) is 128 cm³/mol. The zero-order valence-corrected chi connectivity index (χ0v) is 19.8. The van der Waals surface area contributed by atoms with Crippen molar-refractivity contribution >= 4 is 17.4 Å². The summed E-state index contributed by atoms with van der Waals surface area (Å²) in [7, 11) is 4.59. The van der Waals surface area contributed by atoms with E-state index < -0.39 is 17.7 Å². The molecule has 0 saturated carbocycles. The van der Waals surface area contributed by atoms with E-state index in [-0.39, 0.29) is 17.9 Å². The number of Topliss-reactive ketones (excluding diaryl/α,β-unsaturated/α-hetero) is 1. The van der Waals surface area contributed by atoms with Gasteiger partial charge >= 0.3 is 0 Å². The third kappa shape index (κ3) is 4.70. The van der Waals surface area contributed by atoms with E-state index in [0.29, 0.717) is 41.3 Å². The molecule has 1 atom stereocenters. The third-order valence-electron chi connectivity index (χ3n) is 6.01. The van der Waals surface area contributed by atoms with Crippen molar-refractivity contribution in [2.24, 2.45) is 0 Å². The number of ether oxygens (including phenoxy) is 3. The first-order valence-corrected chi connectivity index (χ1v) is 11.1. The highest BCUT2D eigenvalue weighted by Crippen LogP contribution is 2.44. The number of aliphatic hydroxyl groups excluding tert-OH is 1. The van der Waals surface area contributed by atoms with Crippen molar-refractivity contribution in [3.63, 3.8) is 0 Å². The average Bonchev–Trinajstić information content (AvgIpc) is 3.50. The Morgan fingerprint density at radius 2 is 1.69 bits per heavy atom. The molecule has 1 aliphatic rings. The maximum atomic E-state index is 13.3. The molecule has 3 aromatic rings. The molecule has 9 nitrogen and oxygen atoms in total. The highest BCUT2D eigenvalue weighted by Gasteiger charge is 2.47. The van der Waals surface area contributed by atoms with Gasteiger partial charge < -0.3 is 28.8 Å². The molecule has 1 saturated heterocycles. The molecule has 1 amide bonds. The summed E-state index contributed by atoms with van der Waals surface area (Å²) in [5, 5.41) is 11.2. The molecule has 0 bridgehead atoms. The van der Waals surface area contributed by atoms with Crippen LogP contribution >= 0.6 is 0 Å². The number of aromatic nitrogens is 2. The second-order valence-electron chi connectivity index (χ2n) is 7.98. The number of ketones is 1. The molecule has 35 heavy (non-hydrogen) atoms. The van der Waals surface area contributed by atoms with Crippen LogP contribution in [0.1, 0.15) is 23.6 Å². The van der Waals surface area contributed by atoms with Crippen LogP contribution in [-0.4, -0.2) is 59.1 Å². The number of aliphatic hydroxyl groups is 1. The van der Waals surface area contributed by atoms with Crippen LogP contribution in [0.25, 0.3) is 5.76 Å². The molecule has 1 N–H and O–H groups in total. The second kappa shape index (κ2) is 10.3. The van der Waals surface area contributed by atoms with Crippen LogP contribution in [-0.2, 0) is 16.1 Å². The smallest absolute Gasteiger partial charge is 0.295 e. The number of rotatable bonds is 9. The fraction of sp³-hybridized carbons (Fsp3) is 0.269. The van der Waals surface area contributed by atoms with Crippen molar-refractivity contribution in [2.45, 2.75) is 19.0 Å². The van der Waals surface area contributed by atoms with Gasteiger partial charge in [0.25, 0.3) is 11.7 Å². The molecule has 2 heterocycles. The summed E-state index contributed by atoms with van der Waals surface area (Å²) in [5.74, 6) is -0.0888. The first-order chi connectivity index (χ1) is 17.0. The molecule has 1 aliphatic heterocycles. The Balaban J connectivity index is 1.80.